The Morgan fingerprint density at radius 3 is 2.37 bits per heavy atom. The molecule has 1 aromatic heterocycles. The highest BCUT2D eigenvalue weighted by Gasteiger charge is 2.36. The van der Waals surface area contributed by atoms with Crippen LogP contribution in [0.5, 0.6) is 0 Å². The summed E-state index contributed by atoms with van der Waals surface area (Å²) >= 11 is 0. The van der Waals surface area contributed by atoms with Gasteiger partial charge in [0.15, 0.2) is 11.6 Å². The predicted molar refractivity (Wildman–Crippen MR) is 73.2 cm³/mol. The predicted octanol–water partition coefficient (Wildman–Crippen LogP) is 3.18. The van der Waals surface area contributed by atoms with Crippen LogP contribution in [0.3, 0.4) is 0 Å². The molecule has 1 fully saturated rings. The normalized spacial score (nSPS) is 18.9. The lowest BCUT2D eigenvalue weighted by Crippen LogP contribution is -2.31. The maximum absolute atomic E-state index is 11.4. The summed E-state index contributed by atoms with van der Waals surface area (Å²) in [4.78, 5) is 20.4. The van der Waals surface area contributed by atoms with Crippen molar-refractivity contribution in [1.29, 1.82) is 0 Å². The molecule has 0 saturated heterocycles. The Morgan fingerprint density at radius 2 is 1.89 bits per heavy atom. The molecule has 0 aromatic carbocycles. The van der Waals surface area contributed by atoms with Gasteiger partial charge in [-0.15, -0.1) is 0 Å². The molecule has 0 spiro atoms. The quantitative estimate of drug-likeness (QED) is 0.620. The first-order valence-electron chi connectivity index (χ1n) is 6.99. The first-order valence-corrected chi connectivity index (χ1v) is 6.99. The fraction of sp³-hybridized carbons (Fsp3) is 0.667. The summed E-state index contributed by atoms with van der Waals surface area (Å²) in [7, 11) is 1.74. The van der Waals surface area contributed by atoms with Gasteiger partial charge in [0.2, 0.25) is 0 Å². The minimum absolute atomic E-state index is 0.0105. The number of carbonyl (C=O) groups excluding carboxylic acids is 1. The zero-order valence-electron chi connectivity index (χ0n) is 12.0. The summed E-state index contributed by atoms with van der Waals surface area (Å²) in [6.45, 7) is 3.41. The van der Waals surface area contributed by atoms with E-state index >= 15 is 0 Å². The number of methoxy groups -OCH3 is 1. The molecule has 2 rings (SSSR count). The fourth-order valence-corrected chi connectivity index (χ4v) is 2.85. The molecule has 1 heterocycles. The number of ketones is 1. The molecule has 1 saturated carbocycles. The van der Waals surface area contributed by atoms with Gasteiger partial charge in [-0.3, -0.25) is 4.79 Å². The average Bonchev–Trinajstić information content (AvgIpc) is 2.64. The molecule has 0 N–H and O–H groups in total. The highest BCUT2D eigenvalue weighted by Crippen LogP contribution is 2.37. The van der Waals surface area contributed by atoms with Gasteiger partial charge in [-0.1, -0.05) is 25.7 Å². The summed E-state index contributed by atoms with van der Waals surface area (Å²) in [5.74, 6) is 0.746. The van der Waals surface area contributed by atoms with E-state index in [1.165, 1.54) is 12.8 Å². The van der Waals surface area contributed by atoms with Crippen LogP contribution in [-0.4, -0.2) is 22.9 Å². The maximum Gasteiger partial charge on any atom is 0.163 e. The Morgan fingerprint density at radius 1 is 1.26 bits per heavy atom. The second-order valence-corrected chi connectivity index (χ2v) is 5.36. The largest absolute Gasteiger partial charge is 0.370 e. The van der Waals surface area contributed by atoms with Gasteiger partial charge in [0.05, 0.1) is 11.3 Å². The van der Waals surface area contributed by atoms with E-state index in [1.54, 1.807) is 20.2 Å². The van der Waals surface area contributed by atoms with Crippen LogP contribution in [0.15, 0.2) is 6.20 Å². The lowest BCUT2D eigenvalue weighted by molar-refractivity contribution is -0.0353. The molecule has 0 bridgehead atoms. The fourth-order valence-electron chi connectivity index (χ4n) is 2.85. The van der Waals surface area contributed by atoms with Crippen molar-refractivity contribution < 1.29 is 9.53 Å². The molecule has 0 atom stereocenters. The second-order valence-electron chi connectivity index (χ2n) is 5.36. The van der Waals surface area contributed by atoms with Crippen molar-refractivity contribution in [2.45, 2.75) is 58.0 Å². The van der Waals surface area contributed by atoms with Gasteiger partial charge in [0.25, 0.3) is 0 Å². The molecule has 0 aliphatic heterocycles. The molecule has 19 heavy (non-hydrogen) atoms. The van der Waals surface area contributed by atoms with Gasteiger partial charge in [-0.25, -0.2) is 9.97 Å². The summed E-state index contributed by atoms with van der Waals surface area (Å²) in [5, 5.41) is 0. The van der Waals surface area contributed by atoms with Crippen molar-refractivity contribution in [3.63, 3.8) is 0 Å². The van der Waals surface area contributed by atoms with E-state index in [1.807, 2.05) is 6.92 Å². The zero-order valence-corrected chi connectivity index (χ0v) is 12.0. The van der Waals surface area contributed by atoms with Crippen LogP contribution < -0.4 is 0 Å². The second kappa shape index (κ2) is 5.78. The van der Waals surface area contributed by atoms with Gasteiger partial charge in [-0.2, -0.15) is 0 Å². The molecule has 1 aliphatic rings. The van der Waals surface area contributed by atoms with Crippen molar-refractivity contribution in [3.8, 4) is 0 Å². The van der Waals surface area contributed by atoms with Crippen molar-refractivity contribution in [2.24, 2.45) is 0 Å². The molecule has 0 amide bonds. The molecule has 1 aromatic rings. The first-order chi connectivity index (χ1) is 9.09. The van der Waals surface area contributed by atoms with Crippen molar-refractivity contribution >= 4 is 5.78 Å². The van der Waals surface area contributed by atoms with Gasteiger partial charge in [0.1, 0.15) is 5.60 Å². The number of nitrogens with zero attached hydrogens (tertiary/aromatic N) is 2. The number of carbonyl (C=O) groups is 1. The SMILES string of the molecule is COC1(c2ncc(C(C)=O)c(C)n2)CCCCCC1. The standard InChI is InChI=1S/C15H22N2O2/c1-11-13(12(2)18)10-16-14(17-11)15(19-3)8-6-4-5-7-9-15/h10H,4-9H2,1-3H3. The molecule has 0 unspecified atom stereocenters. The van der Waals surface area contributed by atoms with Crippen LogP contribution in [-0.2, 0) is 10.3 Å². The molecular formula is C15H22N2O2. The van der Waals surface area contributed by atoms with E-state index in [-0.39, 0.29) is 11.4 Å². The molecule has 0 radical (unpaired) electrons. The van der Waals surface area contributed by atoms with E-state index < -0.39 is 0 Å². The molecule has 4 heteroatoms. The number of hydrogen-bond acceptors (Lipinski definition) is 4. The van der Waals surface area contributed by atoms with E-state index in [9.17, 15) is 4.79 Å². The van der Waals surface area contributed by atoms with Gasteiger partial charge in [0, 0.05) is 13.3 Å². The highest BCUT2D eigenvalue weighted by atomic mass is 16.5. The summed E-state index contributed by atoms with van der Waals surface area (Å²) in [6.07, 6.45) is 8.34. The van der Waals surface area contributed by atoms with Crippen LogP contribution in [0.25, 0.3) is 0 Å². The Balaban J connectivity index is 2.37. The Hall–Kier alpha value is -1.29. The number of rotatable bonds is 3. The van der Waals surface area contributed by atoms with E-state index in [0.717, 1.165) is 37.2 Å². The average molecular weight is 262 g/mol. The third-order valence-corrected chi connectivity index (χ3v) is 4.07. The van der Waals surface area contributed by atoms with Crippen molar-refractivity contribution in [2.75, 3.05) is 7.11 Å². The van der Waals surface area contributed by atoms with E-state index in [0.29, 0.717) is 5.56 Å². The lowest BCUT2D eigenvalue weighted by atomic mass is 9.92. The number of Topliss-reactive ketones (excluding diaryl/α,β-unsaturated/α-hetero) is 1. The van der Waals surface area contributed by atoms with E-state index in [2.05, 4.69) is 9.97 Å². The highest BCUT2D eigenvalue weighted by molar-refractivity contribution is 5.94. The Labute approximate surface area is 114 Å². The monoisotopic (exact) mass is 262 g/mol. The van der Waals surface area contributed by atoms with Gasteiger partial charge in [-0.05, 0) is 26.7 Å². The third-order valence-electron chi connectivity index (χ3n) is 4.07. The summed E-state index contributed by atoms with van der Waals surface area (Å²) in [5.41, 5.74) is 0.984. The van der Waals surface area contributed by atoms with Gasteiger partial charge < -0.3 is 4.74 Å². The Bertz CT molecular complexity index is 463. The van der Waals surface area contributed by atoms with Crippen LogP contribution in [0.1, 0.15) is 67.3 Å². The number of aryl methyl sites for hydroxylation is 1. The minimum Gasteiger partial charge on any atom is -0.370 e. The van der Waals surface area contributed by atoms with Crippen LogP contribution in [0, 0.1) is 6.92 Å². The summed E-state index contributed by atoms with van der Waals surface area (Å²) < 4.78 is 5.79. The topological polar surface area (TPSA) is 52.1 Å². The van der Waals surface area contributed by atoms with Crippen LogP contribution >= 0.6 is 0 Å². The van der Waals surface area contributed by atoms with Crippen molar-refractivity contribution in [1.82, 2.24) is 9.97 Å². The first kappa shape index (κ1) is 14.1. The molecule has 1 aliphatic carbocycles. The molecule has 4 nitrogen and oxygen atoms in total. The third kappa shape index (κ3) is 2.84. The summed E-state index contributed by atoms with van der Waals surface area (Å²) in [6, 6.07) is 0. The number of ether oxygens (including phenoxy) is 1. The molecule has 104 valence electrons. The van der Waals surface area contributed by atoms with E-state index in [4.69, 9.17) is 4.74 Å². The minimum atomic E-state index is -0.365. The maximum atomic E-state index is 11.4. The van der Waals surface area contributed by atoms with Crippen molar-refractivity contribution in [3.05, 3.63) is 23.3 Å². The number of aromatic nitrogens is 2. The van der Waals surface area contributed by atoms with Gasteiger partial charge >= 0.3 is 0 Å². The Kier molecular flexibility index (Phi) is 4.30. The zero-order chi connectivity index (χ0) is 13.9. The molecular weight excluding hydrogens is 240 g/mol. The number of hydrogen-bond donors (Lipinski definition) is 0. The van der Waals surface area contributed by atoms with Crippen LogP contribution in [0.2, 0.25) is 0 Å². The smallest absolute Gasteiger partial charge is 0.163 e. The van der Waals surface area contributed by atoms with Crippen LogP contribution in [0.4, 0.5) is 0 Å². The lowest BCUT2D eigenvalue weighted by Gasteiger charge is -2.30.